The molecule has 0 aliphatic rings. The quantitative estimate of drug-likeness (QED) is 0.734. The largest absolute Gasteiger partial charge is 0.397 e. The summed E-state index contributed by atoms with van der Waals surface area (Å²) in [4.78, 5) is 4.11. The van der Waals surface area contributed by atoms with Crippen molar-refractivity contribution in [2.24, 2.45) is 5.14 Å². The van der Waals surface area contributed by atoms with E-state index in [2.05, 4.69) is 4.90 Å². The Balaban J connectivity index is 2.87. The Morgan fingerprint density at radius 2 is 1.79 bits per heavy atom. The average molecular weight is 286 g/mol. The van der Waals surface area contributed by atoms with Crippen LogP contribution in [-0.4, -0.2) is 47.6 Å². The van der Waals surface area contributed by atoms with Crippen LogP contribution in [0.3, 0.4) is 0 Å². The highest BCUT2D eigenvalue weighted by Gasteiger charge is 2.12. The fraction of sp³-hybridized carbons (Fsp3) is 0.500. The molecule has 1 rings (SSSR count). The lowest BCUT2D eigenvalue weighted by atomic mass is 10.2. The summed E-state index contributed by atoms with van der Waals surface area (Å²) < 4.78 is 22.7. The Morgan fingerprint density at radius 3 is 2.32 bits per heavy atom. The van der Waals surface area contributed by atoms with Gasteiger partial charge in [-0.3, -0.25) is 0 Å². The zero-order valence-corrected chi connectivity index (χ0v) is 12.4. The van der Waals surface area contributed by atoms with Gasteiger partial charge in [0.25, 0.3) is 0 Å². The highest BCUT2D eigenvalue weighted by molar-refractivity contribution is 7.89. The molecule has 6 nitrogen and oxygen atoms in total. The maximum atomic E-state index is 11.3. The smallest absolute Gasteiger partial charge is 0.238 e. The molecule has 0 heterocycles. The van der Waals surface area contributed by atoms with Gasteiger partial charge in [-0.05, 0) is 45.3 Å². The molecule has 0 spiro atoms. The van der Waals surface area contributed by atoms with Crippen molar-refractivity contribution in [2.45, 2.75) is 11.3 Å². The van der Waals surface area contributed by atoms with Gasteiger partial charge in [-0.1, -0.05) is 0 Å². The molecule has 4 N–H and O–H groups in total. The first-order chi connectivity index (χ1) is 8.71. The number of sulfonamides is 1. The monoisotopic (exact) mass is 286 g/mol. The van der Waals surface area contributed by atoms with Crippen LogP contribution in [0.15, 0.2) is 23.1 Å². The lowest BCUT2D eigenvalue weighted by Gasteiger charge is -2.22. The fourth-order valence-corrected chi connectivity index (χ4v) is 2.31. The molecule has 0 radical (unpaired) electrons. The number of nitrogens with zero attached hydrogens (tertiary/aromatic N) is 2. The van der Waals surface area contributed by atoms with E-state index in [0.717, 1.165) is 19.5 Å². The van der Waals surface area contributed by atoms with Crippen LogP contribution in [0.1, 0.15) is 6.42 Å². The summed E-state index contributed by atoms with van der Waals surface area (Å²) in [5.41, 5.74) is 7.10. The molecule has 0 aliphatic carbocycles. The van der Waals surface area contributed by atoms with Crippen molar-refractivity contribution < 1.29 is 8.42 Å². The average Bonchev–Trinajstić information content (AvgIpc) is 2.27. The van der Waals surface area contributed by atoms with E-state index in [1.54, 1.807) is 6.07 Å². The second kappa shape index (κ2) is 6.23. The van der Waals surface area contributed by atoms with Gasteiger partial charge in [0.05, 0.1) is 16.3 Å². The molecule has 0 saturated carbocycles. The minimum Gasteiger partial charge on any atom is -0.397 e. The Morgan fingerprint density at radius 1 is 1.16 bits per heavy atom. The number of rotatable bonds is 6. The lowest BCUT2D eigenvalue weighted by Crippen LogP contribution is -2.24. The van der Waals surface area contributed by atoms with Crippen LogP contribution >= 0.6 is 0 Å². The number of nitrogen functional groups attached to an aromatic ring is 1. The topological polar surface area (TPSA) is 92.7 Å². The van der Waals surface area contributed by atoms with E-state index in [-0.39, 0.29) is 4.90 Å². The second-order valence-electron chi connectivity index (χ2n) is 4.84. The molecule has 19 heavy (non-hydrogen) atoms. The molecule has 1 aromatic rings. The molecule has 108 valence electrons. The Bertz CT molecular complexity index is 529. The zero-order chi connectivity index (χ0) is 14.6. The van der Waals surface area contributed by atoms with Crippen molar-refractivity contribution in [3.8, 4) is 0 Å². The molecular formula is C12H22N4O2S. The van der Waals surface area contributed by atoms with Crippen molar-refractivity contribution in [2.75, 3.05) is 44.9 Å². The van der Waals surface area contributed by atoms with Crippen LogP contribution in [0.25, 0.3) is 0 Å². The van der Waals surface area contributed by atoms with E-state index in [1.165, 1.54) is 12.1 Å². The van der Waals surface area contributed by atoms with E-state index in [1.807, 2.05) is 26.0 Å². The zero-order valence-electron chi connectivity index (χ0n) is 11.6. The minimum atomic E-state index is -3.70. The summed E-state index contributed by atoms with van der Waals surface area (Å²) in [7, 11) is 2.20. The fourth-order valence-electron chi connectivity index (χ4n) is 1.78. The molecule has 1 aromatic carbocycles. The van der Waals surface area contributed by atoms with Gasteiger partial charge in [0.1, 0.15) is 0 Å². The summed E-state index contributed by atoms with van der Waals surface area (Å²) in [5.74, 6) is 0. The van der Waals surface area contributed by atoms with Gasteiger partial charge in [0.2, 0.25) is 10.0 Å². The van der Waals surface area contributed by atoms with E-state index < -0.39 is 10.0 Å². The first kappa shape index (κ1) is 15.7. The third-order valence-electron chi connectivity index (χ3n) is 2.84. The number of benzene rings is 1. The third-order valence-corrected chi connectivity index (χ3v) is 3.75. The summed E-state index contributed by atoms with van der Waals surface area (Å²) in [5, 5.41) is 5.12. The maximum absolute atomic E-state index is 11.3. The summed E-state index contributed by atoms with van der Waals surface area (Å²) in [6, 6.07) is 4.50. The molecule has 0 atom stereocenters. The number of primary sulfonamides is 1. The summed E-state index contributed by atoms with van der Waals surface area (Å²) >= 11 is 0. The highest BCUT2D eigenvalue weighted by atomic mass is 32.2. The normalized spacial score (nSPS) is 11.8. The predicted octanol–water partition coefficient (Wildman–Crippen LogP) is 0.304. The van der Waals surface area contributed by atoms with E-state index in [0.29, 0.717) is 11.4 Å². The lowest BCUT2D eigenvalue weighted by molar-refractivity contribution is 0.401. The van der Waals surface area contributed by atoms with Crippen molar-refractivity contribution in [3.63, 3.8) is 0 Å². The van der Waals surface area contributed by atoms with Crippen LogP contribution in [0.2, 0.25) is 0 Å². The first-order valence-corrected chi connectivity index (χ1v) is 7.54. The molecule has 0 aliphatic heterocycles. The molecule has 0 saturated heterocycles. The number of anilines is 2. The van der Waals surface area contributed by atoms with Crippen LogP contribution in [-0.2, 0) is 10.0 Å². The van der Waals surface area contributed by atoms with E-state index in [4.69, 9.17) is 10.9 Å². The van der Waals surface area contributed by atoms with Gasteiger partial charge < -0.3 is 15.5 Å². The molecular weight excluding hydrogens is 264 g/mol. The Hall–Kier alpha value is -1.31. The molecule has 7 heteroatoms. The second-order valence-corrected chi connectivity index (χ2v) is 6.41. The SMILES string of the molecule is CN(C)CCCN(C)c1cc(S(N)(=O)=O)ccc1N. The number of hydrogen-bond acceptors (Lipinski definition) is 5. The molecule has 0 amide bonds. The van der Waals surface area contributed by atoms with Crippen molar-refractivity contribution in [3.05, 3.63) is 18.2 Å². The van der Waals surface area contributed by atoms with Gasteiger partial charge in [-0.15, -0.1) is 0 Å². The van der Waals surface area contributed by atoms with Crippen molar-refractivity contribution in [1.29, 1.82) is 0 Å². The van der Waals surface area contributed by atoms with Gasteiger partial charge in [0.15, 0.2) is 0 Å². The van der Waals surface area contributed by atoms with Crippen LogP contribution in [0.4, 0.5) is 11.4 Å². The molecule has 0 aromatic heterocycles. The standard InChI is InChI=1S/C12H22N4O2S/c1-15(2)7-4-8-16(3)12-9-10(19(14,17)18)5-6-11(12)13/h5-6,9H,4,7-8,13H2,1-3H3,(H2,14,17,18). The van der Waals surface area contributed by atoms with E-state index >= 15 is 0 Å². The Labute approximate surface area is 115 Å². The third kappa shape index (κ3) is 4.70. The first-order valence-electron chi connectivity index (χ1n) is 6.00. The van der Waals surface area contributed by atoms with Gasteiger partial charge in [0, 0.05) is 13.6 Å². The van der Waals surface area contributed by atoms with Gasteiger partial charge in [-0.25, -0.2) is 13.6 Å². The number of hydrogen-bond donors (Lipinski definition) is 2. The number of nitrogens with two attached hydrogens (primary N) is 2. The van der Waals surface area contributed by atoms with Crippen molar-refractivity contribution in [1.82, 2.24) is 4.90 Å². The van der Waals surface area contributed by atoms with Crippen molar-refractivity contribution >= 4 is 21.4 Å². The summed E-state index contributed by atoms with van der Waals surface area (Å²) in [6.45, 7) is 1.75. The van der Waals surface area contributed by atoms with Crippen LogP contribution < -0.4 is 15.8 Å². The minimum absolute atomic E-state index is 0.0798. The summed E-state index contributed by atoms with van der Waals surface area (Å²) in [6.07, 6.45) is 0.961. The van der Waals surface area contributed by atoms with E-state index in [9.17, 15) is 8.42 Å². The molecule has 0 fully saturated rings. The van der Waals surface area contributed by atoms with Crippen LogP contribution in [0, 0.1) is 0 Å². The molecule has 0 bridgehead atoms. The highest BCUT2D eigenvalue weighted by Crippen LogP contribution is 2.25. The van der Waals surface area contributed by atoms with Gasteiger partial charge >= 0.3 is 0 Å². The Kier molecular flexibility index (Phi) is 5.16. The molecule has 0 unspecified atom stereocenters. The predicted molar refractivity (Wildman–Crippen MR) is 78.7 cm³/mol. The van der Waals surface area contributed by atoms with Crippen LogP contribution in [0.5, 0.6) is 0 Å². The van der Waals surface area contributed by atoms with Gasteiger partial charge in [-0.2, -0.15) is 0 Å². The maximum Gasteiger partial charge on any atom is 0.238 e.